The molecule has 1 saturated carbocycles. The van der Waals surface area contributed by atoms with Crippen LogP contribution in [0.3, 0.4) is 0 Å². The largest absolute Gasteiger partial charge is 0.493 e. The zero-order valence-corrected chi connectivity index (χ0v) is 19.1. The van der Waals surface area contributed by atoms with Crippen molar-refractivity contribution in [1.82, 2.24) is 16.0 Å². The third-order valence-electron chi connectivity index (χ3n) is 4.14. The summed E-state index contributed by atoms with van der Waals surface area (Å²) in [6, 6.07) is 6.40. The molecule has 2 rings (SSSR count). The van der Waals surface area contributed by atoms with E-state index in [9.17, 15) is 0 Å². The molecule has 0 unspecified atom stereocenters. The number of halogens is 1. The van der Waals surface area contributed by atoms with Gasteiger partial charge in [-0.2, -0.15) is 0 Å². The summed E-state index contributed by atoms with van der Waals surface area (Å²) in [4.78, 5) is 4.29. The Morgan fingerprint density at radius 2 is 1.92 bits per heavy atom. The fourth-order valence-corrected chi connectivity index (χ4v) is 2.45. The summed E-state index contributed by atoms with van der Waals surface area (Å²) in [7, 11) is 1.80. The van der Waals surface area contributed by atoms with Crippen molar-refractivity contribution < 1.29 is 4.74 Å². The van der Waals surface area contributed by atoms with Gasteiger partial charge in [0.05, 0.1) is 6.61 Å². The van der Waals surface area contributed by atoms with E-state index in [1.807, 2.05) is 0 Å². The minimum absolute atomic E-state index is 0. The van der Waals surface area contributed by atoms with Crippen LogP contribution >= 0.6 is 24.0 Å². The quantitative estimate of drug-likeness (QED) is 0.234. The van der Waals surface area contributed by atoms with E-state index < -0.39 is 0 Å². The van der Waals surface area contributed by atoms with Gasteiger partial charge in [0.15, 0.2) is 5.96 Å². The Balaban J connectivity index is 0.00000338. The summed E-state index contributed by atoms with van der Waals surface area (Å²) in [5, 5.41) is 10.2. The molecule has 0 atom stereocenters. The molecular formula is C20H35IN4O. The third-order valence-corrected chi connectivity index (χ3v) is 4.14. The molecule has 0 bridgehead atoms. The minimum Gasteiger partial charge on any atom is -0.493 e. The van der Waals surface area contributed by atoms with Crippen molar-refractivity contribution >= 4 is 29.9 Å². The monoisotopic (exact) mass is 474 g/mol. The van der Waals surface area contributed by atoms with Crippen molar-refractivity contribution in [2.24, 2.45) is 10.9 Å². The van der Waals surface area contributed by atoms with E-state index in [1.165, 1.54) is 24.0 Å². The summed E-state index contributed by atoms with van der Waals surface area (Å²) in [6.07, 6.45) is 2.61. The Labute approximate surface area is 175 Å². The highest BCUT2D eigenvalue weighted by atomic mass is 127. The van der Waals surface area contributed by atoms with Gasteiger partial charge in [0.2, 0.25) is 0 Å². The van der Waals surface area contributed by atoms with Crippen molar-refractivity contribution in [3.8, 4) is 5.75 Å². The molecule has 0 saturated heterocycles. The molecule has 0 spiro atoms. The Morgan fingerprint density at radius 3 is 2.54 bits per heavy atom. The molecule has 26 heavy (non-hydrogen) atoms. The number of nitrogens with zero attached hydrogens (tertiary/aromatic N) is 1. The van der Waals surface area contributed by atoms with Gasteiger partial charge in [-0.3, -0.25) is 4.99 Å². The maximum atomic E-state index is 6.03. The van der Waals surface area contributed by atoms with Gasteiger partial charge in [-0.05, 0) is 58.1 Å². The molecule has 1 aliphatic rings. The van der Waals surface area contributed by atoms with E-state index in [4.69, 9.17) is 4.74 Å². The first-order valence-corrected chi connectivity index (χ1v) is 9.29. The van der Waals surface area contributed by atoms with Crippen LogP contribution < -0.4 is 20.7 Å². The van der Waals surface area contributed by atoms with Gasteiger partial charge < -0.3 is 20.7 Å². The molecule has 0 amide bonds. The van der Waals surface area contributed by atoms with E-state index >= 15 is 0 Å². The topological polar surface area (TPSA) is 57.7 Å². The number of aliphatic imine (C=N–C) groups is 1. The summed E-state index contributed by atoms with van der Waals surface area (Å²) in [6.45, 7) is 11.9. The number of guanidine groups is 1. The van der Waals surface area contributed by atoms with E-state index in [0.717, 1.165) is 37.3 Å². The van der Waals surface area contributed by atoms with Gasteiger partial charge in [0, 0.05) is 37.8 Å². The molecule has 148 valence electrons. The second-order valence-corrected chi connectivity index (χ2v) is 7.89. The Bertz CT molecular complexity index is 580. The third kappa shape index (κ3) is 9.07. The van der Waals surface area contributed by atoms with Gasteiger partial charge in [-0.25, -0.2) is 0 Å². The highest BCUT2D eigenvalue weighted by Gasteiger charge is 2.22. The van der Waals surface area contributed by atoms with Crippen LogP contribution in [0, 0.1) is 12.8 Å². The maximum absolute atomic E-state index is 6.03. The van der Waals surface area contributed by atoms with Gasteiger partial charge in [-0.1, -0.05) is 12.1 Å². The number of nitrogens with one attached hydrogen (secondary N) is 3. The molecule has 0 radical (unpaired) electrons. The lowest BCUT2D eigenvalue weighted by Crippen LogP contribution is -2.44. The lowest BCUT2D eigenvalue weighted by molar-refractivity contribution is 0.296. The highest BCUT2D eigenvalue weighted by Crippen LogP contribution is 2.30. The van der Waals surface area contributed by atoms with Crippen molar-refractivity contribution in [3.63, 3.8) is 0 Å². The second-order valence-electron chi connectivity index (χ2n) is 7.89. The predicted molar refractivity (Wildman–Crippen MR) is 121 cm³/mol. The molecule has 0 aliphatic heterocycles. The lowest BCUT2D eigenvalue weighted by atomic mass is 10.1. The molecule has 5 nitrogen and oxygen atoms in total. The van der Waals surface area contributed by atoms with Crippen LogP contribution in [0.4, 0.5) is 0 Å². The molecule has 1 aromatic carbocycles. The van der Waals surface area contributed by atoms with Crippen LogP contribution in [0.2, 0.25) is 0 Å². The number of hydrogen-bond donors (Lipinski definition) is 3. The van der Waals surface area contributed by atoms with Gasteiger partial charge in [-0.15, -0.1) is 24.0 Å². The van der Waals surface area contributed by atoms with E-state index in [0.29, 0.717) is 6.54 Å². The second kappa shape index (κ2) is 11.0. The number of aryl methyl sites for hydroxylation is 1. The smallest absolute Gasteiger partial charge is 0.191 e. The summed E-state index contributed by atoms with van der Waals surface area (Å²) in [5.74, 6) is 2.56. The minimum atomic E-state index is 0. The van der Waals surface area contributed by atoms with Gasteiger partial charge in [0.1, 0.15) is 5.75 Å². The number of ether oxygens (including phenoxy) is 1. The Morgan fingerprint density at radius 1 is 1.19 bits per heavy atom. The van der Waals surface area contributed by atoms with Crippen molar-refractivity contribution in [2.45, 2.75) is 52.6 Å². The fourth-order valence-electron chi connectivity index (χ4n) is 2.45. The van der Waals surface area contributed by atoms with Crippen LogP contribution in [0.5, 0.6) is 5.75 Å². The average molecular weight is 474 g/mol. The fraction of sp³-hybridized carbons (Fsp3) is 0.650. The zero-order valence-electron chi connectivity index (χ0n) is 16.8. The summed E-state index contributed by atoms with van der Waals surface area (Å²) >= 11 is 0. The average Bonchev–Trinajstić information content (AvgIpc) is 3.37. The zero-order chi connectivity index (χ0) is 18.3. The molecular weight excluding hydrogens is 439 g/mol. The van der Waals surface area contributed by atoms with E-state index in [-0.39, 0.29) is 29.5 Å². The van der Waals surface area contributed by atoms with Crippen molar-refractivity contribution in [3.05, 3.63) is 29.3 Å². The molecule has 0 heterocycles. The normalized spacial score (nSPS) is 14.6. The summed E-state index contributed by atoms with van der Waals surface area (Å²) in [5.41, 5.74) is 2.53. The first-order chi connectivity index (χ1) is 11.9. The van der Waals surface area contributed by atoms with Crippen molar-refractivity contribution in [1.29, 1.82) is 0 Å². The van der Waals surface area contributed by atoms with Crippen molar-refractivity contribution in [2.75, 3.05) is 26.7 Å². The lowest BCUT2D eigenvalue weighted by Gasteiger charge is -2.21. The highest BCUT2D eigenvalue weighted by molar-refractivity contribution is 14.0. The van der Waals surface area contributed by atoms with Crippen LogP contribution in [-0.2, 0) is 6.54 Å². The van der Waals surface area contributed by atoms with Crippen LogP contribution in [0.25, 0.3) is 0 Å². The van der Waals surface area contributed by atoms with Crippen LogP contribution in [-0.4, -0.2) is 38.2 Å². The Hall–Kier alpha value is -1.02. The summed E-state index contributed by atoms with van der Waals surface area (Å²) < 4.78 is 6.03. The molecule has 1 fully saturated rings. The van der Waals surface area contributed by atoms with E-state index in [2.05, 4.69) is 66.8 Å². The molecule has 6 heteroatoms. The van der Waals surface area contributed by atoms with Gasteiger partial charge in [0.25, 0.3) is 0 Å². The molecule has 0 aromatic heterocycles. The molecule has 3 N–H and O–H groups in total. The number of hydrogen-bond acceptors (Lipinski definition) is 3. The first kappa shape index (κ1) is 23.0. The Kier molecular flexibility index (Phi) is 9.71. The number of benzene rings is 1. The molecule has 1 aromatic rings. The SMILES string of the molecule is CN=C(NCCNC(C)(C)C)NCc1ccc(C)cc1OCC1CC1.I. The standard InChI is InChI=1S/C20H34N4O.HI/c1-15-6-9-17(18(12-15)25-14-16-7-8-16)13-23-19(21-5)22-10-11-24-20(2,3)4;/h6,9,12,16,24H,7-8,10-11,13-14H2,1-5H3,(H2,21,22,23);1H. The molecule has 1 aliphatic carbocycles. The maximum Gasteiger partial charge on any atom is 0.191 e. The van der Waals surface area contributed by atoms with Crippen LogP contribution in [0.15, 0.2) is 23.2 Å². The predicted octanol–water partition coefficient (Wildman–Crippen LogP) is 3.45. The van der Waals surface area contributed by atoms with Crippen LogP contribution in [0.1, 0.15) is 44.7 Å². The number of rotatable bonds is 8. The van der Waals surface area contributed by atoms with Gasteiger partial charge >= 0.3 is 0 Å². The first-order valence-electron chi connectivity index (χ1n) is 9.29. The van der Waals surface area contributed by atoms with E-state index in [1.54, 1.807) is 7.05 Å².